The van der Waals surface area contributed by atoms with Crippen LogP contribution < -0.4 is 0 Å². The molecular formula is C11H10N2O. The van der Waals surface area contributed by atoms with Gasteiger partial charge in [0, 0.05) is 12.3 Å². The van der Waals surface area contributed by atoms with E-state index in [9.17, 15) is 4.79 Å². The van der Waals surface area contributed by atoms with Crippen molar-refractivity contribution in [3.05, 3.63) is 61.0 Å². The van der Waals surface area contributed by atoms with E-state index in [0.29, 0.717) is 0 Å². The van der Waals surface area contributed by atoms with Crippen molar-refractivity contribution in [1.29, 1.82) is 0 Å². The Morgan fingerprint density at radius 2 is 1.36 bits per heavy atom. The monoisotopic (exact) mass is 186 g/mol. The third kappa shape index (κ3) is 4.77. The first kappa shape index (κ1) is 10.1. The van der Waals surface area contributed by atoms with E-state index in [4.69, 9.17) is 0 Å². The van der Waals surface area contributed by atoms with Gasteiger partial charge in [0.2, 0.25) is 0 Å². The third-order valence-corrected chi connectivity index (χ3v) is 1.34. The summed E-state index contributed by atoms with van der Waals surface area (Å²) in [5, 5.41) is 7.31. The molecule has 0 aromatic carbocycles. The highest BCUT2D eigenvalue weighted by Gasteiger charge is 1.84. The Balaban J connectivity index is 2.77. The Bertz CT molecular complexity index is 323. The Kier molecular flexibility index (Phi) is 4.65. The van der Waals surface area contributed by atoms with Crippen molar-refractivity contribution in [2.75, 3.05) is 0 Å². The number of rotatable bonds is 0. The Morgan fingerprint density at radius 3 is 2.21 bits per heavy atom. The molecule has 14 heavy (non-hydrogen) atoms. The minimum Gasteiger partial charge on any atom is -0.290 e. The zero-order chi connectivity index (χ0) is 10.1. The van der Waals surface area contributed by atoms with Crippen molar-refractivity contribution in [2.24, 2.45) is 10.2 Å². The normalized spacial score (nSPS) is 30.1. The van der Waals surface area contributed by atoms with Gasteiger partial charge >= 0.3 is 0 Å². The summed E-state index contributed by atoms with van der Waals surface area (Å²) in [5.41, 5.74) is 0. The fraction of sp³-hybridized carbons (Fsp3) is 0. The van der Waals surface area contributed by atoms with Crippen LogP contribution in [0.25, 0.3) is 0 Å². The minimum absolute atomic E-state index is 0.110. The van der Waals surface area contributed by atoms with Gasteiger partial charge in [-0.1, -0.05) is 30.4 Å². The molecule has 0 saturated carbocycles. The Morgan fingerprint density at radius 1 is 0.714 bits per heavy atom. The van der Waals surface area contributed by atoms with Crippen molar-refractivity contribution in [1.82, 2.24) is 0 Å². The zero-order valence-corrected chi connectivity index (χ0v) is 7.58. The molecule has 1 aliphatic rings. The Hall–Kier alpha value is -2.03. The van der Waals surface area contributed by atoms with E-state index in [2.05, 4.69) is 10.2 Å². The summed E-state index contributed by atoms with van der Waals surface area (Å²) in [6, 6.07) is 0. The maximum absolute atomic E-state index is 11.0. The zero-order valence-electron chi connectivity index (χ0n) is 7.58. The highest BCUT2D eigenvalue weighted by Crippen LogP contribution is 1.89. The maximum Gasteiger partial charge on any atom is 0.180 e. The number of ketones is 1. The number of nitrogens with zero attached hydrogens (tertiary/aromatic N) is 2. The van der Waals surface area contributed by atoms with Crippen molar-refractivity contribution in [2.45, 2.75) is 0 Å². The molecular weight excluding hydrogens is 176 g/mol. The smallest absolute Gasteiger partial charge is 0.180 e. The van der Waals surface area contributed by atoms with Gasteiger partial charge in [-0.15, -0.1) is 0 Å². The van der Waals surface area contributed by atoms with Crippen LogP contribution in [-0.2, 0) is 4.79 Å². The number of allylic oxidation sites excluding steroid dienone is 8. The summed E-state index contributed by atoms with van der Waals surface area (Å²) in [6.07, 6.45) is 16.4. The van der Waals surface area contributed by atoms with Crippen molar-refractivity contribution in [3.63, 3.8) is 0 Å². The number of carbonyl (C=O) groups is 1. The summed E-state index contributed by atoms with van der Waals surface area (Å²) in [7, 11) is 0. The van der Waals surface area contributed by atoms with Crippen LogP contribution in [0.3, 0.4) is 0 Å². The van der Waals surface area contributed by atoms with E-state index >= 15 is 0 Å². The van der Waals surface area contributed by atoms with E-state index in [-0.39, 0.29) is 5.78 Å². The van der Waals surface area contributed by atoms with Crippen LogP contribution in [0.4, 0.5) is 0 Å². The first-order chi connectivity index (χ1) is 6.89. The summed E-state index contributed by atoms with van der Waals surface area (Å²) in [6.45, 7) is 0. The minimum atomic E-state index is -0.110. The standard InChI is InChI=1S/C11H10N2O/c14-11-7-5-3-1-2-4-6-9-12-13-10-8-11/h1-10H/b3-1-,4-2-,7-5-,9-6-,10-8-,13-12-. The summed E-state index contributed by atoms with van der Waals surface area (Å²) >= 11 is 0. The molecule has 0 fully saturated rings. The third-order valence-electron chi connectivity index (χ3n) is 1.34. The molecule has 0 amide bonds. The molecule has 70 valence electrons. The lowest BCUT2D eigenvalue weighted by Gasteiger charge is -1.78. The van der Waals surface area contributed by atoms with E-state index < -0.39 is 0 Å². The number of hydrogen-bond donors (Lipinski definition) is 0. The molecule has 0 radical (unpaired) electrons. The predicted molar refractivity (Wildman–Crippen MR) is 55.6 cm³/mol. The molecule has 1 rings (SSSR count). The SMILES string of the molecule is O=C1\C=C/C=C\C=C/C=C\N=N/C=C\1. The van der Waals surface area contributed by atoms with Gasteiger partial charge in [-0.25, -0.2) is 0 Å². The van der Waals surface area contributed by atoms with Gasteiger partial charge in [0.05, 0.1) is 6.20 Å². The van der Waals surface area contributed by atoms with E-state index in [0.717, 1.165) is 0 Å². The second-order valence-corrected chi connectivity index (χ2v) is 2.42. The molecule has 0 aliphatic carbocycles. The van der Waals surface area contributed by atoms with Crippen LogP contribution in [-0.4, -0.2) is 5.78 Å². The van der Waals surface area contributed by atoms with Gasteiger partial charge in [0.25, 0.3) is 0 Å². The molecule has 0 atom stereocenters. The van der Waals surface area contributed by atoms with Gasteiger partial charge in [-0.3, -0.25) is 4.79 Å². The van der Waals surface area contributed by atoms with Gasteiger partial charge in [0.1, 0.15) is 0 Å². The maximum atomic E-state index is 11.0. The fourth-order valence-electron chi connectivity index (χ4n) is 0.735. The van der Waals surface area contributed by atoms with Crippen molar-refractivity contribution >= 4 is 5.78 Å². The average Bonchev–Trinajstić information content (AvgIpc) is 2.20. The molecule has 1 aliphatic heterocycles. The number of hydrogen-bond acceptors (Lipinski definition) is 3. The second-order valence-electron chi connectivity index (χ2n) is 2.42. The van der Waals surface area contributed by atoms with Crippen LogP contribution in [0.5, 0.6) is 0 Å². The molecule has 0 bridgehead atoms. The summed E-state index contributed by atoms with van der Waals surface area (Å²) in [4.78, 5) is 11.0. The van der Waals surface area contributed by atoms with E-state index in [1.54, 1.807) is 24.4 Å². The lowest BCUT2D eigenvalue weighted by molar-refractivity contribution is -0.110. The second kappa shape index (κ2) is 6.48. The van der Waals surface area contributed by atoms with E-state index in [1.807, 2.05) is 18.2 Å². The summed E-state index contributed by atoms with van der Waals surface area (Å²) in [5.74, 6) is -0.110. The summed E-state index contributed by atoms with van der Waals surface area (Å²) < 4.78 is 0. The van der Waals surface area contributed by atoms with Crippen molar-refractivity contribution < 1.29 is 4.79 Å². The van der Waals surface area contributed by atoms with Crippen LogP contribution in [0, 0.1) is 0 Å². The van der Waals surface area contributed by atoms with Gasteiger partial charge in [0.15, 0.2) is 5.78 Å². The number of azo groups is 1. The Labute approximate surface area is 82.5 Å². The van der Waals surface area contributed by atoms with Gasteiger partial charge in [-0.05, 0) is 12.2 Å². The first-order valence-electron chi connectivity index (χ1n) is 4.16. The molecule has 1 heterocycles. The predicted octanol–water partition coefficient (Wildman–Crippen LogP) is 2.72. The average molecular weight is 186 g/mol. The molecule has 0 unspecified atom stereocenters. The molecule has 0 N–H and O–H groups in total. The largest absolute Gasteiger partial charge is 0.290 e. The highest BCUT2D eigenvalue weighted by molar-refractivity contribution is 5.99. The quantitative estimate of drug-likeness (QED) is 0.573. The van der Waals surface area contributed by atoms with Crippen LogP contribution in [0.15, 0.2) is 71.2 Å². The van der Waals surface area contributed by atoms with Crippen LogP contribution in [0.2, 0.25) is 0 Å². The fourth-order valence-corrected chi connectivity index (χ4v) is 0.735. The van der Waals surface area contributed by atoms with E-state index in [1.165, 1.54) is 18.4 Å². The molecule has 0 spiro atoms. The first-order valence-corrected chi connectivity index (χ1v) is 4.16. The topological polar surface area (TPSA) is 41.8 Å². The lowest BCUT2D eigenvalue weighted by atomic mass is 10.3. The number of carbonyl (C=O) groups excluding carboxylic acids is 1. The highest BCUT2D eigenvalue weighted by atomic mass is 16.1. The van der Waals surface area contributed by atoms with Crippen LogP contribution in [0.1, 0.15) is 0 Å². The van der Waals surface area contributed by atoms with Crippen LogP contribution >= 0.6 is 0 Å². The van der Waals surface area contributed by atoms with Gasteiger partial charge in [-0.2, -0.15) is 10.2 Å². The molecule has 3 nitrogen and oxygen atoms in total. The molecule has 3 heteroatoms. The van der Waals surface area contributed by atoms with Gasteiger partial charge < -0.3 is 0 Å². The lowest BCUT2D eigenvalue weighted by Crippen LogP contribution is -1.82. The molecule has 0 saturated heterocycles. The van der Waals surface area contributed by atoms with Crippen molar-refractivity contribution in [3.8, 4) is 0 Å². The molecule has 0 aromatic heterocycles. The molecule has 0 aromatic rings.